The van der Waals surface area contributed by atoms with Crippen LogP contribution in [-0.4, -0.2) is 28.5 Å². The Bertz CT molecular complexity index is 722. The van der Waals surface area contributed by atoms with Gasteiger partial charge < -0.3 is 10.1 Å². The van der Waals surface area contributed by atoms with Crippen LogP contribution in [0.15, 0.2) is 30.6 Å². The molecule has 2 rings (SSSR count). The summed E-state index contributed by atoms with van der Waals surface area (Å²) in [5.41, 5.74) is -0.0170. The summed E-state index contributed by atoms with van der Waals surface area (Å²) >= 11 is 11.9. The Morgan fingerprint density at radius 2 is 1.86 bits per heavy atom. The van der Waals surface area contributed by atoms with Crippen LogP contribution >= 0.6 is 23.2 Å². The quantitative estimate of drug-likeness (QED) is 0.865. The van der Waals surface area contributed by atoms with Crippen molar-refractivity contribution >= 4 is 40.8 Å². The first-order valence-electron chi connectivity index (χ1n) is 6.28. The molecule has 1 amide bonds. The zero-order valence-corrected chi connectivity index (χ0v) is 13.0. The molecular formula is C14H11Cl2N3O3. The summed E-state index contributed by atoms with van der Waals surface area (Å²) < 4.78 is 4.84. The number of hydrogen-bond acceptors (Lipinski definition) is 5. The van der Waals surface area contributed by atoms with Gasteiger partial charge in [0.2, 0.25) is 0 Å². The minimum atomic E-state index is -0.724. The summed E-state index contributed by atoms with van der Waals surface area (Å²) in [5.74, 6) is -1.36. The third-order valence-corrected chi connectivity index (χ3v) is 3.40. The zero-order chi connectivity index (χ0) is 16.1. The number of halogens is 2. The minimum Gasteiger partial charge on any atom is -0.461 e. The van der Waals surface area contributed by atoms with Gasteiger partial charge in [-0.25, -0.2) is 14.8 Å². The van der Waals surface area contributed by atoms with E-state index in [1.54, 1.807) is 25.1 Å². The van der Waals surface area contributed by atoms with Gasteiger partial charge in [-0.3, -0.25) is 4.79 Å². The molecule has 0 radical (unpaired) electrons. The summed E-state index contributed by atoms with van der Waals surface area (Å²) in [6.45, 7) is 1.82. The van der Waals surface area contributed by atoms with Crippen LogP contribution in [0.5, 0.6) is 0 Å². The van der Waals surface area contributed by atoms with E-state index in [-0.39, 0.29) is 23.0 Å². The Hall–Kier alpha value is -2.18. The van der Waals surface area contributed by atoms with Gasteiger partial charge in [0, 0.05) is 12.4 Å². The number of nitrogens with one attached hydrogen (secondary N) is 1. The molecule has 6 nitrogen and oxygen atoms in total. The third kappa shape index (κ3) is 3.52. The van der Waals surface area contributed by atoms with Crippen LogP contribution in [0.1, 0.15) is 27.9 Å². The normalized spacial score (nSPS) is 10.1. The van der Waals surface area contributed by atoms with E-state index < -0.39 is 11.9 Å². The van der Waals surface area contributed by atoms with Gasteiger partial charge in [-0.15, -0.1) is 0 Å². The van der Waals surface area contributed by atoms with Crippen molar-refractivity contribution < 1.29 is 14.3 Å². The van der Waals surface area contributed by atoms with Crippen LogP contribution in [0.25, 0.3) is 0 Å². The van der Waals surface area contributed by atoms with Crippen molar-refractivity contribution in [1.29, 1.82) is 0 Å². The second kappa shape index (κ2) is 7.20. The van der Waals surface area contributed by atoms with E-state index in [9.17, 15) is 9.59 Å². The van der Waals surface area contributed by atoms with E-state index in [1.807, 2.05) is 0 Å². The number of rotatable bonds is 4. The number of nitrogens with zero attached hydrogens (tertiary/aromatic N) is 2. The number of benzene rings is 1. The first kappa shape index (κ1) is 16.2. The number of carbonyl (C=O) groups excluding carboxylic acids is 2. The van der Waals surface area contributed by atoms with Crippen molar-refractivity contribution in [1.82, 2.24) is 9.97 Å². The van der Waals surface area contributed by atoms with E-state index in [0.29, 0.717) is 10.7 Å². The summed E-state index contributed by atoms with van der Waals surface area (Å²) in [6, 6.07) is 4.80. The monoisotopic (exact) mass is 339 g/mol. The molecule has 8 heteroatoms. The average Bonchev–Trinajstić information content (AvgIpc) is 2.52. The maximum atomic E-state index is 12.3. The molecule has 1 aromatic heterocycles. The van der Waals surface area contributed by atoms with E-state index in [2.05, 4.69) is 15.3 Å². The van der Waals surface area contributed by atoms with Gasteiger partial charge >= 0.3 is 5.97 Å². The molecule has 0 saturated heterocycles. The Labute approximate surface area is 136 Å². The number of anilines is 1. The highest BCUT2D eigenvalue weighted by Crippen LogP contribution is 2.29. The minimum absolute atomic E-state index is 0.156. The van der Waals surface area contributed by atoms with Gasteiger partial charge in [0.15, 0.2) is 11.4 Å². The molecule has 2 aromatic rings. The maximum Gasteiger partial charge on any atom is 0.359 e. The van der Waals surface area contributed by atoms with Gasteiger partial charge in [0.1, 0.15) is 0 Å². The molecule has 0 aliphatic heterocycles. The van der Waals surface area contributed by atoms with Crippen LogP contribution in [0.4, 0.5) is 5.69 Å². The second-order valence-corrected chi connectivity index (χ2v) is 4.81. The fraction of sp³-hybridized carbons (Fsp3) is 0.143. The van der Waals surface area contributed by atoms with E-state index >= 15 is 0 Å². The fourth-order valence-electron chi connectivity index (χ4n) is 1.63. The van der Waals surface area contributed by atoms with Crippen molar-refractivity contribution in [2.24, 2.45) is 0 Å². The summed E-state index contributed by atoms with van der Waals surface area (Å²) in [6.07, 6.45) is 2.60. The molecule has 0 atom stereocenters. The molecule has 0 bridgehead atoms. The van der Waals surface area contributed by atoms with E-state index in [1.165, 1.54) is 12.4 Å². The molecule has 1 aromatic carbocycles. The predicted molar refractivity (Wildman–Crippen MR) is 82.4 cm³/mol. The number of amides is 1. The van der Waals surface area contributed by atoms with Gasteiger partial charge in [-0.2, -0.15) is 0 Å². The highest BCUT2D eigenvalue weighted by Gasteiger charge is 2.21. The lowest BCUT2D eigenvalue weighted by molar-refractivity contribution is 0.0515. The standard InChI is InChI=1S/C14H11Cl2N3O3/c1-2-22-14(21)12-11(17-6-7-18-12)13(20)19-9-5-3-4-8(15)10(9)16/h3-7H,2H2,1H3,(H,19,20). The first-order chi connectivity index (χ1) is 10.5. The van der Waals surface area contributed by atoms with Gasteiger partial charge in [-0.1, -0.05) is 29.3 Å². The van der Waals surface area contributed by atoms with Crippen LogP contribution in [0.3, 0.4) is 0 Å². The average molecular weight is 340 g/mol. The molecule has 0 fully saturated rings. The van der Waals surface area contributed by atoms with Gasteiger partial charge in [-0.05, 0) is 19.1 Å². The number of hydrogen-bond donors (Lipinski definition) is 1. The van der Waals surface area contributed by atoms with Crippen molar-refractivity contribution in [2.75, 3.05) is 11.9 Å². The molecule has 114 valence electrons. The van der Waals surface area contributed by atoms with Crippen molar-refractivity contribution in [3.8, 4) is 0 Å². The number of esters is 1. The SMILES string of the molecule is CCOC(=O)c1nccnc1C(=O)Nc1cccc(Cl)c1Cl. The van der Waals surface area contributed by atoms with E-state index in [0.717, 1.165) is 0 Å². The van der Waals surface area contributed by atoms with Crippen molar-refractivity contribution in [3.05, 3.63) is 52.0 Å². The Morgan fingerprint density at radius 1 is 1.18 bits per heavy atom. The topological polar surface area (TPSA) is 81.2 Å². The molecule has 1 heterocycles. The maximum absolute atomic E-state index is 12.3. The molecule has 22 heavy (non-hydrogen) atoms. The Morgan fingerprint density at radius 3 is 2.55 bits per heavy atom. The highest BCUT2D eigenvalue weighted by molar-refractivity contribution is 6.44. The van der Waals surface area contributed by atoms with Crippen LogP contribution in [-0.2, 0) is 4.74 Å². The van der Waals surface area contributed by atoms with E-state index in [4.69, 9.17) is 27.9 Å². The summed E-state index contributed by atoms with van der Waals surface area (Å²) in [5, 5.41) is 3.03. The lowest BCUT2D eigenvalue weighted by Crippen LogP contribution is -2.20. The smallest absolute Gasteiger partial charge is 0.359 e. The molecule has 0 aliphatic rings. The molecule has 1 N–H and O–H groups in total. The predicted octanol–water partition coefficient (Wildman–Crippen LogP) is 3.21. The fourth-order valence-corrected chi connectivity index (χ4v) is 1.98. The van der Waals surface area contributed by atoms with Gasteiger partial charge in [0.05, 0.1) is 22.3 Å². The third-order valence-electron chi connectivity index (χ3n) is 2.58. The molecule has 0 unspecified atom stereocenters. The van der Waals surface area contributed by atoms with Crippen molar-refractivity contribution in [3.63, 3.8) is 0 Å². The number of aromatic nitrogens is 2. The van der Waals surface area contributed by atoms with Gasteiger partial charge in [0.25, 0.3) is 5.91 Å². The summed E-state index contributed by atoms with van der Waals surface area (Å²) in [7, 11) is 0. The Kier molecular flexibility index (Phi) is 5.30. The molecule has 0 saturated carbocycles. The number of carbonyl (C=O) groups is 2. The molecule has 0 aliphatic carbocycles. The Balaban J connectivity index is 2.30. The highest BCUT2D eigenvalue weighted by atomic mass is 35.5. The summed E-state index contributed by atoms with van der Waals surface area (Å²) in [4.78, 5) is 31.8. The lowest BCUT2D eigenvalue weighted by atomic mass is 10.2. The molecular weight excluding hydrogens is 329 g/mol. The molecule has 0 spiro atoms. The largest absolute Gasteiger partial charge is 0.461 e. The van der Waals surface area contributed by atoms with Crippen LogP contribution in [0.2, 0.25) is 10.0 Å². The first-order valence-corrected chi connectivity index (χ1v) is 7.03. The zero-order valence-electron chi connectivity index (χ0n) is 11.5. The van der Waals surface area contributed by atoms with Crippen molar-refractivity contribution in [2.45, 2.75) is 6.92 Å². The second-order valence-electron chi connectivity index (χ2n) is 4.03. The lowest BCUT2D eigenvalue weighted by Gasteiger charge is -2.09. The van der Waals surface area contributed by atoms with Crippen LogP contribution < -0.4 is 5.32 Å². The van der Waals surface area contributed by atoms with Crippen LogP contribution in [0, 0.1) is 0 Å². The number of ether oxygens (including phenoxy) is 1.